The van der Waals surface area contributed by atoms with Crippen LogP contribution in [-0.2, 0) is 13.1 Å². The van der Waals surface area contributed by atoms with E-state index in [0.29, 0.717) is 29.8 Å². The number of nitrogens with zero attached hydrogens (tertiary/aromatic N) is 7. The minimum atomic E-state index is -1.23. The molecular weight excluding hydrogens is 444 g/mol. The highest BCUT2D eigenvalue weighted by Gasteiger charge is 2.41. The number of hydrogen-bond donors (Lipinski definition) is 2. The number of fused-ring (bicyclic) bond motifs is 2. The van der Waals surface area contributed by atoms with Crippen molar-refractivity contribution in [2.75, 3.05) is 30.4 Å². The van der Waals surface area contributed by atoms with E-state index in [1.54, 1.807) is 23.4 Å². The lowest BCUT2D eigenvalue weighted by Gasteiger charge is -2.38. The maximum Gasteiger partial charge on any atom is 0.278 e. The molecule has 2 aromatic heterocycles. The molecule has 10 heteroatoms. The van der Waals surface area contributed by atoms with Gasteiger partial charge in [-0.2, -0.15) is 4.98 Å². The van der Waals surface area contributed by atoms with Gasteiger partial charge in [0.2, 0.25) is 12.3 Å². The van der Waals surface area contributed by atoms with Gasteiger partial charge in [-0.15, -0.1) is 5.92 Å². The second kappa shape index (κ2) is 9.17. The fourth-order valence-corrected chi connectivity index (χ4v) is 4.40. The van der Waals surface area contributed by atoms with Gasteiger partial charge in [0.1, 0.15) is 5.82 Å². The SMILES string of the molecule is CC#CCn1c(N(C)CC(C)(C)N)nc2c1C(=O)N(Cc1nc(C)c3ccccc3n1)C(O)N2C. The Labute approximate surface area is 205 Å². The summed E-state index contributed by atoms with van der Waals surface area (Å²) in [4.78, 5) is 32.5. The molecule has 0 saturated carbocycles. The Bertz CT molecular complexity index is 1330. The van der Waals surface area contributed by atoms with Gasteiger partial charge < -0.3 is 20.6 Å². The topological polar surface area (TPSA) is 117 Å². The van der Waals surface area contributed by atoms with Crippen molar-refractivity contribution >= 4 is 28.6 Å². The molecule has 3 aromatic rings. The van der Waals surface area contributed by atoms with Crippen molar-refractivity contribution in [1.82, 2.24) is 24.4 Å². The number of carbonyl (C=O) groups excluding carboxylic acids is 1. The fraction of sp³-hybridized carbons (Fsp3) is 0.440. The third-order valence-electron chi connectivity index (χ3n) is 5.90. The van der Waals surface area contributed by atoms with E-state index in [-0.39, 0.29) is 19.0 Å². The molecule has 1 aliphatic rings. The van der Waals surface area contributed by atoms with Gasteiger partial charge in [-0.05, 0) is 33.8 Å². The van der Waals surface area contributed by atoms with Crippen LogP contribution in [0.1, 0.15) is 42.8 Å². The number of carbonyl (C=O) groups is 1. The minimum absolute atomic E-state index is 0.0428. The standard InChI is InChI=1S/C25H32N8O2/c1-7-8-13-32-20-21(29-23(32)30(5)15-25(3,4)26)31(6)24(35)33(22(20)34)14-19-27-16(2)17-11-9-10-12-18(17)28-19/h9-12,24,35H,13-15,26H2,1-6H3. The lowest BCUT2D eigenvalue weighted by atomic mass is 10.1. The lowest BCUT2D eigenvalue weighted by molar-refractivity contribution is -0.00184. The molecule has 10 nitrogen and oxygen atoms in total. The number of hydrogen-bond acceptors (Lipinski definition) is 8. The summed E-state index contributed by atoms with van der Waals surface area (Å²) in [6.45, 7) is 8.34. The largest absolute Gasteiger partial charge is 0.356 e. The molecule has 1 atom stereocenters. The van der Waals surface area contributed by atoms with Gasteiger partial charge in [-0.25, -0.2) is 9.97 Å². The van der Waals surface area contributed by atoms with Crippen LogP contribution in [0.25, 0.3) is 10.9 Å². The van der Waals surface area contributed by atoms with Gasteiger partial charge in [-0.1, -0.05) is 24.1 Å². The molecule has 3 N–H and O–H groups in total. The summed E-state index contributed by atoms with van der Waals surface area (Å²) in [6.07, 6.45) is -1.23. The van der Waals surface area contributed by atoms with Crippen LogP contribution in [0.5, 0.6) is 0 Å². The van der Waals surface area contributed by atoms with E-state index in [1.807, 2.05) is 57.0 Å². The molecule has 1 aliphatic heterocycles. The molecule has 0 fully saturated rings. The Balaban J connectivity index is 1.76. The van der Waals surface area contributed by atoms with Crippen molar-refractivity contribution in [2.24, 2.45) is 5.73 Å². The smallest absolute Gasteiger partial charge is 0.278 e. The van der Waals surface area contributed by atoms with E-state index in [4.69, 9.17) is 10.7 Å². The molecule has 0 saturated heterocycles. The van der Waals surface area contributed by atoms with E-state index in [9.17, 15) is 9.90 Å². The number of aryl methyl sites for hydroxylation is 1. The van der Waals surface area contributed by atoms with Gasteiger partial charge >= 0.3 is 0 Å². The lowest BCUT2D eigenvalue weighted by Crippen LogP contribution is -2.54. The summed E-state index contributed by atoms with van der Waals surface area (Å²) in [5.74, 6) is 6.96. The average Bonchev–Trinajstić information content (AvgIpc) is 3.18. The third kappa shape index (κ3) is 4.65. The zero-order valence-corrected chi connectivity index (χ0v) is 21.1. The van der Waals surface area contributed by atoms with E-state index < -0.39 is 11.9 Å². The summed E-state index contributed by atoms with van der Waals surface area (Å²) >= 11 is 0. The first-order chi connectivity index (χ1) is 16.5. The monoisotopic (exact) mass is 476 g/mol. The first kappa shape index (κ1) is 24.4. The average molecular weight is 477 g/mol. The summed E-state index contributed by atoms with van der Waals surface area (Å²) in [5, 5.41) is 12.0. The molecule has 184 valence electrons. The fourth-order valence-electron chi connectivity index (χ4n) is 4.40. The summed E-state index contributed by atoms with van der Waals surface area (Å²) in [7, 11) is 3.58. The minimum Gasteiger partial charge on any atom is -0.356 e. The summed E-state index contributed by atoms with van der Waals surface area (Å²) < 4.78 is 1.78. The highest BCUT2D eigenvalue weighted by molar-refractivity contribution is 6.00. The first-order valence-electron chi connectivity index (χ1n) is 11.5. The number of para-hydroxylation sites is 1. The van der Waals surface area contributed by atoms with Crippen LogP contribution < -0.4 is 15.5 Å². The highest BCUT2D eigenvalue weighted by Crippen LogP contribution is 2.33. The van der Waals surface area contributed by atoms with Crippen LogP contribution in [0.3, 0.4) is 0 Å². The zero-order valence-electron chi connectivity index (χ0n) is 21.1. The van der Waals surface area contributed by atoms with Crippen molar-refractivity contribution < 1.29 is 9.90 Å². The predicted molar refractivity (Wildman–Crippen MR) is 136 cm³/mol. The number of aromatic nitrogens is 4. The van der Waals surface area contributed by atoms with Crippen molar-refractivity contribution in [2.45, 2.75) is 52.7 Å². The third-order valence-corrected chi connectivity index (χ3v) is 5.90. The molecule has 0 aliphatic carbocycles. The normalized spacial score (nSPS) is 15.8. The van der Waals surface area contributed by atoms with E-state index in [0.717, 1.165) is 16.6 Å². The van der Waals surface area contributed by atoms with Gasteiger partial charge in [0.25, 0.3) is 5.91 Å². The van der Waals surface area contributed by atoms with Gasteiger partial charge in [-0.3, -0.25) is 14.3 Å². The number of imidazole rings is 1. The molecule has 35 heavy (non-hydrogen) atoms. The van der Waals surface area contributed by atoms with Crippen LogP contribution in [0.2, 0.25) is 0 Å². The van der Waals surface area contributed by atoms with Gasteiger partial charge in [0.15, 0.2) is 11.5 Å². The number of benzene rings is 1. The van der Waals surface area contributed by atoms with E-state index in [1.165, 1.54) is 4.90 Å². The zero-order chi connectivity index (χ0) is 25.5. The summed E-state index contributed by atoms with van der Waals surface area (Å²) in [6, 6.07) is 7.72. The van der Waals surface area contributed by atoms with E-state index in [2.05, 4.69) is 21.8 Å². The molecular formula is C25H32N8O2. The maximum absolute atomic E-state index is 13.8. The predicted octanol–water partition coefficient (Wildman–Crippen LogP) is 1.70. The van der Waals surface area contributed by atoms with Crippen LogP contribution >= 0.6 is 0 Å². The second-order valence-corrected chi connectivity index (χ2v) is 9.57. The van der Waals surface area contributed by atoms with Gasteiger partial charge in [0, 0.05) is 37.3 Å². The second-order valence-electron chi connectivity index (χ2n) is 9.57. The molecule has 1 unspecified atom stereocenters. The Morgan fingerprint density at radius 3 is 2.63 bits per heavy atom. The number of aliphatic hydroxyl groups excluding tert-OH is 1. The van der Waals surface area contributed by atoms with Gasteiger partial charge in [0.05, 0.1) is 18.6 Å². The molecule has 1 amide bonds. The molecule has 4 rings (SSSR count). The highest BCUT2D eigenvalue weighted by atomic mass is 16.3. The van der Waals surface area contributed by atoms with Crippen LogP contribution in [0.15, 0.2) is 24.3 Å². The van der Waals surface area contributed by atoms with Crippen LogP contribution in [0.4, 0.5) is 11.8 Å². The number of likely N-dealkylation sites (N-methyl/N-ethyl adjacent to an activating group) is 1. The van der Waals surface area contributed by atoms with Crippen molar-refractivity contribution in [3.8, 4) is 11.8 Å². The molecule has 1 aromatic carbocycles. The van der Waals surface area contributed by atoms with Crippen LogP contribution in [-0.4, -0.2) is 68.0 Å². The summed E-state index contributed by atoms with van der Waals surface area (Å²) in [5.41, 5.74) is 7.72. The Hall–Kier alpha value is -3.68. The molecule has 0 radical (unpaired) electrons. The quantitative estimate of drug-likeness (QED) is 0.517. The Morgan fingerprint density at radius 1 is 1.23 bits per heavy atom. The molecule has 3 heterocycles. The van der Waals surface area contributed by atoms with Crippen LogP contribution in [0, 0.1) is 18.8 Å². The van der Waals surface area contributed by atoms with Crippen molar-refractivity contribution in [1.29, 1.82) is 0 Å². The number of amides is 1. The van der Waals surface area contributed by atoms with Crippen molar-refractivity contribution in [3.63, 3.8) is 0 Å². The number of rotatable bonds is 6. The molecule has 0 bridgehead atoms. The van der Waals surface area contributed by atoms with Crippen molar-refractivity contribution in [3.05, 3.63) is 41.5 Å². The van der Waals surface area contributed by atoms with E-state index >= 15 is 0 Å². The first-order valence-corrected chi connectivity index (χ1v) is 11.5. The number of aliphatic hydroxyl groups is 1. The number of anilines is 2. The maximum atomic E-state index is 13.8. The number of nitrogens with two attached hydrogens (primary N) is 1. The Morgan fingerprint density at radius 2 is 1.94 bits per heavy atom. The Kier molecular flexibility index (Phi) is 6.40. The molecule has 0 spiro atoms.